The lowest BCUT2D eigenvalue weighted by atomic mass is 9.82. The number of amides is 1. The van der Waals surface area contributed by atoms with E-state index in [1.807, 2.05) is 54.7 Å². The molecule has 0 spiro atoms. The molecule has 2 rings (SSSR count). The first-order valence-corrected chi connectivity index (χ1v) is 9.68. The lowest BCUT2D eigenvalue weighted by Gasteiger charge is -2.35. The maximum Gasteiger partial charge on any atom is 0.410 e. The molecule has 7 heteroatoms. The third-order valence-corrected chi connectivity index (χ3v) is 4.51. The zero-order valence-corrected chi connectivity index (χ0v) is 17.7. The van der Waals surface area contributed by atoms with E-state index in [9.17, 15) is 4.79 Å². The first kappa shape index (κ1) is 21.3. The van der Waals surface area contributed by atoms with Crippen molar-refractivity contribution < 1.29 is 14.4 Å². The Labute approximate surface area is 162 Å². The topological polar surface area (TPSA) is 79.8 Å². The summed E-state index contributed by atoms with van der Waals surface area (Å²) in [6.07, 6.45) is 5.15. The van der Waals surface area contributed by atoms with E-state index in [1.165, 1.54) is 0 Å². The summed E-state index contributed by atoms with van der Waals surface area (Å²) in [5.74, 6) is 0.274. The van der Waals surface area contributed by atoms with Gasteiger partial charge in [0.2, 0.25) is 0 Å². The normalized spacial score (nSPS) is 21.7. The Morgan fingerprint density at radius 1 is 1.15 bits per heavy atom. The molecule has 1 fully saturated rings. The van der Waals surface area contributed by atoms with Gasteiger partial charge in [-0.05, 0) is 73.3 Å². The minimum atomic E-state index is -0.479. The van der Waals surface area contributed by atoms with Crippen molar-refractivity contribution in [1.29, 1.82) is 0 Å². The second-order valence-electron chi connectivity index (χ2n) is 9.25. The molecular formula is C20H34N4O3. The fourth-order valence-corrected chi connectivity index (χ4v) is 3.15. The number of nitrogens with one attached hydrogen (secondary N) is 1. The van der Waals surface area contributed by atoms with Crippen molar-refractivity contribution in [2.45, 2.75) is 84.5 Å². The van der Waals surface area contributed by atoms with Crippen LogP contribution in [0.1, 0.15) is 72.9 Å². The van der Waals surface area contributed by atoms with Crippen LogP contribution in [0.5, 0.6) is 0 Å². The van der Waals surface area contributed by atoms with E-state index in [0.717, 1.165) is 37.1 Å². The molecule has 0 atom stereocenters. The van der Waals surface area contributed by atoms with Crippen molar-refractivity contribution in [3.63, 3.8) is 0 Å². The molecule has 0 saturated heterocycles. The Bertz CT molecular complexity index is 633. The number of aromatic amines is 1. The Balaban J connectivity index is 2.02. The molecule has 1 amide bonds. The van der Waals surface area contributed by atoms with Gasteiger partial charge in [0.05, 0.1) is 5.69 Å². The van der Waals surface area contributed by atoms with Gasteiger partial charge < -0.3 is 14.5 Å². The second-order valence-corrected chi connectivity index (χ2v) is 9.25. The highest BCUT2D eigenvalue weighted by atomic mass is 16.6. The SMILES string of the molecule is CN(C(=O)OC(C)(C)C)C1CCC(/C(=N/OC(C)(C)C)c2ccn[nH]2)CC1. The number of carbonyl (C=O) groups excluding carboxylic acids is 1. The van der Waals surface area contributed by atoms with Crippen LogP contribution in [-0.2, 0) is 9.57 Å². The molecular weight excluding hydrogens is 344 g/mol. The second kappa shape index (κ2) is 8.31. The van der Waals surface area contributed by atoms with Crippen molar-refractivity contribution in [2.24, 2.45) is 11.1 Å². The molecule has 1 heterocycles. The average Bonchev–Trinajstić information content (AvgIpc) is 3.06. The van der Waals surface area contributed by atoms with E-state index in [1.54, 1.807) is 11.1 Å². The molecule has 1 N–H and O–H groups in total. The summed E-state index contributed by atoms with van der Waals surface area (Å²) in [5.41, 5.74) is 0.969. The zero-order chi connectivity index (χ0) is 20.2. The third-order valence-electron chi connectivity index (χ3n) is 4.51. The van der Waals surface area contributed by atoms with Crippen molar-refractivity contribution in [1.82, 2.24) is 15.1 Å². The number of nitrogens with zero attached hydrogens (tertiary/aromatic N) is 3. The molecule has 0 unspecified atom stereocenters. The molecule has 1 aliphatic rings. The summed E-state index contributed by atoms with van der Waals surface area (Å²) in [6.45, 7) is 11.6. The summed E-state index contributed by atoms with van der Waals surface area (Å²) < 4.78 is 5.49. The minimum absolute atomic E-state index is 0.183. The summed E-state index contributed by atoms with van der Waals surface area (Å²) in [4.78, 5) is 19.7. The van der Waals surface area contributed by atoms with Crippen LogP contribution >= 0.6 is 0 Å². The van der Waals surface area contributed by atoms with Crippen molar-refractivity contribution in [3.05, 3.63) is 18.0 Å². The highest BCUT2D eigenvalue weighted by molar-refractivity contribution is 6.00. The molecule has 7 nitrogen and oxygen atoms in total. The van der Waals surface area contributed by atoms with Gasteiger partial charge in [-0.2, -0.15) is 5.10 Å². The quantitative estimate of drug-likeness (QED) is 0.624. The van der Waals surface area contributed by atoms with E-state index in [0.29, 0.717) is 0 Å². The highest BCUT2D eigenvalue weighted by Crippen LogP contribution is 2.31. The van der Waals surface area contributed by atoms with Crippen LogP contribution in [0.25, 0.3) is 0 Å². The number of oxime groups is 1. The van der Waals surface area contributed by atoms with E-state index in [4.69, 9.17) is 9.57 Å². The van der Waals surface area contributed by atoms with Crippen LogP contribution in [0.2, 0.25) is 0 Å². The van der Waals surface area contributed by atoms with Gasteiger partial charge in [-0.25, -0.2) is 4.79 Å². The highest BCUT2D eigenvalue weighted by Gasteiger charge is 2.32. The molecule has 0 radical (unpaired) electrons. The van der Waals surface area contributed by atoms with Gasteiger partial charge in [0.25, 0.3) is 0 Å². The fourth-order valence-electron chi connectivity index (χ4n) is 3.15. The number of ether oxygens (including phenoxy) is 1. The third kappa shape index (κ3) is 6.56. The largest absolute Gasteiger partial charge is 0.444 e. The van der Waals surface area contributed by atoms with Gasteiger partial charge >= 0.3 is 6.09 Å². The van der Waals surface area contributed by atoms with Crippen LogP contribution in [0.4, 0.5) is 4.79 Å². The van der Waals surface area contributed by atoms with Crippen molar-refractivity contribution in [2.75, 3.05) is 7.05 Å². The Kier molecular flexibility index (Phi) is 6.54. The van der Waals surface area contributed by atoms with Gasteiger partial charge in [-0.3, -0.25) is 5.10 Å². The predicted molar refractivity (Wildman–Crippen MR) is 106 cm³/mol. The summed E-state index contributed by atoms with van der Waals surface area (Å²) in [7, 11) is 1.83. The molecule has 1 saturated carbocycles. The molecule has 1 aromatic heterocycles. The number of H-pyrrole nitrogens is 1. The number of hydrogen-bond acceptors (Lipinski definition) is 5. The molecule has 1 aliphatic carbocycles. The van der Waals surface area contributed by atoms with E-state index in [-0.39, 0.29) is 23.7 Å². The summed E-state index contributed by atoms with van der Waals surface area (Å²) >= 11 is 0. The summed E-state index contributed by atoms with van der Waals surface area (Å²) in [5, 5.41) is 11.5. The van der Waals surface area contributed by atoms with Gasteiger partial charge in [0.1, 0.15) is 16.9 Å². The number of aromatic nitrogens is 2. The number of hydrogen-bond donors (Lipinski definition) is 1. The maximum absolute atomic E-state index is 12.3. The van der Waals surface area contributed by atoms with Gasteiger partial charge in [0, 0.05) is 25.2 Å². The van der Waals surface area contributed by atoms with Gasteiger partial charge in [0.15, 0.2) is 0 Å². The zero-order valence-electron chi connectivity index (χ0n) is 17.7. The Morgan fingerprint density at radius 3 is 2.26 bits per heavy atom. The van der Waals surface area contributed by atoms with Crippen LogP contribution in [-0.4, -0.2) is 51.2 Å². The molecule has 0 bridgehead atoms. The maximum atomic E-state index is 12.3. The van der Waals surface area contributed by atoms with Crippen LogP contribution in [0.15, 0.2) is 17.4 Å². The lowest BCUT2D eigenvalue weighted by molar-refractivity contribution is -0.000587. The fraction of sp³-hybridized carbons (Fsp3) is 0.750. The Morgan fingerprint density at radius 2 is 1.78 bits per heavy atom. The molecule has 1 aromatic rings. The molecule has 0 aromatic carbocycles. The minimum Gasteiger partial charge on any atom is -0.444 e. The number of rotatable bonds is 4. The van der Waals surface area contributed by atoms with Gasteiger partial charge in [-0.1, -0.05) is 5.16 Å². The van der Waals surface area contributed by atoms with E-state index >= 15 is 0 Å². The lowest BCUT2D eigenvalue weighted by Crippen LogP contribution is -2.43. The Hall–Kier alpha value is -2.05. The van der Waals surface area contributed by atoms with E-state index < -0.39 is 5.60 Å². The standard InChI is InChI=1S/C20H34N4O3/c1-19(2,3)26-18(25)24(7)15-10-8-14(9-11-15)17(16-12-13-21-22-16)23-27-20(4,5)6/h12-15H,8-11H2,1-7H3,(H,21,22)/b23-17-. The molecule has 152 valence electrons. The number of carbonyl (C=O) groups is 1. The van der Waals surface area contributed by atoms with Crippen LogP contribution < -0.4 is 0 Å². The van der Waals surface area contributed by atoms with Crippen molar-refractivity contribution in [3.8, 4) is 0 Å². The van der Waals surface area contributed by atoms with Gasteiger partial charge in [-0.15, -0.1) is 0 Å². The molecule has 0 aliphatic heterocycles. The van der Waals surface area contributed by atoms with E-state index in [2.05, 4.69) is 15.4 Å². The summed E-state index contributed by atoms with van der Waals surface area (Å²) in [6, 6.07) is 2.10. The monoisotopic (exact) mass is 378 g/mol. The van der Waals surface area contributed by atoms with Crippen molar-refractivity contribution >= 4 is 11.8 Å². The predicted octanol–water partition coefficient (Wildman–Crippen LogP) is 4.35. The average molecular weight is 379 g/mol. The smallest absolute Gasteiger partial charge is 0.410 e. The van der Waals surface area contributed by atoms with Crippen LogP contribution in [0.3, 0.4) is 0 Å². The first-order valence-electron chi connectivity index (χ1n) is 9.68. The van der Waals surface area contributed by atoms with Crippen LogP contribution in [0, 0.1) is 5.92 Å². The first-order chi connectivity index (χ1) is 12.5. The molecule has 27 heavy (non-hydrogen) atoms.